The summed E-state index contributed by atoms with van der Waals surface area (Å²) in [4.78, 5) is 21.7. The van der Waals surface area contributed by atoms with Crippen LogP contribution in [0.25, 0.3) is 0 Å². The summed E-state index contributed by atoms with van der Waals surface area (Å²) in [5.41, 5.74) is 5.59. The maximum atomic E-state index is 11.3. The van der Waals surface area contributed by atoms with Gasteiger partial charge in [0.25, 0.3) is 0 Å². The summed E-state index contributed by atoms with van der Waals surface area (Å²) in [7, 11) is 0. The summed E-state index contributed by atoms with van der Waals surface area (Å²) >= 11 is 0. The second-order valence-electron chi connectivity index (χ2n) is 2.88. The molecule has 0 aliphatic carbocycles. The van der Waals surface area contributed by atoms with Crippen molar-refractivity contribution in [3.8, 4) is 0 Å². The Hall–Kier alpha value is -1.58. The molecular formula is C9H14N2O2. The Morgan fingerprint density at radius 1 is 1.38 bits per heavy atom. The summed E-state index contributed by atoms with van der Waals surface area (Å²) < 4.78 is 0. The van der Waals surface area contributed by atoms with Gasteiger partial charge < -0.3 is 11.1 Å². The van der Waals surface area contributed by atoms with E-state index in [1.165, 1.54) is 0 Å². The second-order valence-corrected chi connectivity index (χ2v) is 2.88. The van der Waals surface area contributed by atoms with Crippen LogP contribution in [0.15, 0.2) is 24.4 Å². The van der Waals surface area contributed by atoms with Gasteiger partial charge in [0.05, 0.1) is 5.92 Å². The van der Waals surface area contributed by atoms with Gasteiger partial charge in [-0.15, -0.1) is 0 Å². The van der Waals surface area contributed by atoms with Crippen molar-refractivity contribution in [3.05, 3.63) is 24.4 Å². The quantitative estimate of drug-likeness (QED) is 0.635. The van der Waals surface area contributed by atoms with Crippen molar-refractivity contribution >= 4 is 11.8 Å². The highest BCUT2D eigenvalue weighted by Crippen LogP contribution is 2.10. The van der Waals surface area contributed by atoms with Gasteiger partial charge in [-0.3, -0.25) is 4.79 Å². The minimum absolute atomic E-state index is 0.154. The zero-order valence-electron chi connectivity index (χ0n) is 7.89. The summed E-state index contributed by atoms with van der Waals surface area (Å²) in [6.45, 7) is 10.3. The molecule has 4 heteroatoms. The SMILES string of the molecule is C=C(C)C(=O)C(C)C(=C)NC(N)=O. The molecule has 1 unspecified atom stereocenters. The van der Waals surface area contributed by atoms with Crippen LogP contribution in [-0.4, -0.2) is 11.8 Å². The second kappa shape index (κ2) is 4.45. The van der Waals surface area contributed by atoms with Crippen molar-refractivity contribution in [1.82, 2.24) is 5.32 Å². The fourth-order valence-corrected chi connectivity index (χ4v) is 0.794. The van der Waals surface area contributed by atoms with Crippen LogP contribution in [0.2, 0.25) is 0 Å². The Bertz CT molecular complexity index is 269. The lowest BCUT2D eigenvalue weighted by atomic mass is 9.99. The molecule has 2 amide bonds. The van der Waals surface area contributed by atoms with Crippen molar-refractivity contribution in [2.24, 2.45) is 11.7 Å². The fourth-order valence-electron chi connectivity index (χ4n) is 0.794. The Morgan fingerprint density at radius 2 is 1.85 bits per heavy atom. The zero-order valence-corrected chi connectivity index (χ0v) is 7.89. The molecule has 3 N–H and O–H groups in total. The van der Waals surface area contributed by atoms with Gasteiger partial charge in [0.1, 0.15) is 0 Å². The standard InChI is InChI=1S/C9H14N2O2/c1-5(2)8(12)6(3)7(4)11-9(10)13/h6H,1,4H2,2-3H3,(H3,10,11,13). The summed E-state index contributed by atoms with van der Waals surface area (Å²) in [5.74, 6) is -0.635. The third-order valence-electron chi connectivity index (χ3n) is 1.62. The number of rotatable bonds is 4. The van der Waals surface area contributed by atoms with Gasteiger partial charge in [0.2, 0.25) is 0 Å². The minimum Gasteiger partial charge on any atom is -0.351 e. The van der Waals surface area contributed by atoms with Crippen LogP contribution >= 0.6 is 0 Å². The van der Waals surface area contributed by atoms with Gasteiger partial charge in [0.15, 0.2) is 5.78 Å². The molecule has 0 spiro atoms. The molecule has 13 heavy (non-hydrogen) atoms. The van der Waals surface area contributed by atoms with Gasteiger partial charge in [-0.05, 0) is 19.4 Å². The molecule has 0 radical (unpaired) electrons. The maximum absolute atomic E-state index is 11.3. The van der Waals surface area contributed by atoms with E-state index in [2.05, 4.69) is 18.5 Å². The van der Waals surface area contributed by atoms with E-state index in [4.69, 9.17) is 5.73 Å². The number of nitrogens with one attached hydrogen (secondary N) is 1. The van der Waals surface area contributed by atoms with Crippen molar-refractivity contribution in [2.75, 3.05) is 0 Å². The Labute approximate surface area is 77.5 Å². The minimum atomic E-state index is -0.716. The average Bonchev–Trinajstić information content (AvgIpc) is 2.00. The molecule has 0 saturated carbocycles. The number of primary amides is 1. The topological polar surface area (TPSA) is 72.2 Å². The molecule has 0 aromatic carbocycles. The van der Waals surface area contributed by atoms with Crippen LogP contribution in [0.1, 0.15) is 13.8 Å². The third kappa shape index (κ3) is 3.55. The monoisotopic (exact) mass is 182 g/mol. The predicted octanol–water partition coefficient (Wildman–Crippen LogP) is 0.950. The van der Waals surface area contributed by atoms with Gasteiger partial charge >= 0.3 is 6.03 Å². The first kappa shape index (κ1) is 11.4. The number of ketones is 1. The average molecular weight is 182 g/mol. The lowest BCUT2D eigenvalue weighted by Crippen LogP contribution is -2.33. The Kier molecular flexibility index (Phi) is 3.91. The Balaban J connectivity index is 4.34. The number of carbonyl (C=O) groups excluding carboxylic acids is 2. The number of Topliss-reactive ketones (excluding diaryl/α,β-unsaturated/α-hetero) is 1. The van der Waals surface area contributed by atoms with Crippen molar-refractivity contribution in [3.63, 3.8) is 0 Å². The number of carbonyl (C=O) groups is 2. The van der Waals surface area contributed by atoms with Gasteiger partial charge in [-0.25, -0.2) is 4.79 Å². The van der Waals surface area contributed by atoms with Gasteiger partial charge in [-0.2, -0.15) is 0 Å². The first-order valence-electron chi connectivity index (χ1n) is 3.81. The predicted molar refractivity (Wildman–Crippen MR) is 50.8 cm³/mol. The number of allylic oxidation sites excluding steroid dienone is 2. The fraction of sp³-hybridized carbons (Fsp3) is 0.333. The summed E-state index contributed by atoms with van der Waals surface area (Å²) in [6, 6.07) is -0.716. The number of hydrogen-bond donors (Lipinski definition) is 2. The Morgan fingerprint density at radius 3 is 2.15 bits per heavy atom. The molecule has 0 rings (SSSR count). The molecule has 0 aromatic heterocycles. The van der Waals surface area contributed by atoms with Crippen LogP contribution in [0.5, 0.6) is 0 Å². The summed E-state index contributed by atoms with van der Waals surface area (Å²) in [6.07, 6.45) is 0. The van der Waals surface area contributed by atoms with Gasteiger partial charge in [-0.1, -0.05) is 13.2 Å². The van der Waals surface area contributed by atoms with Crippen LogP contribution < -0.4 is 11.1 Å². The van der Waals surface area contributed by atoms with E-state index in [1.807, 2.05) is 0 Å². The molecule has 72 valence electrons. The van der Waals surface area contributed by atoms with E-state index in [9.17, 15) is 9.59 Å². The van der Waals surface area contributed by atoms with Crippen LogP contribution in [0.4, 0.5) is 4.79 Å². The highest BCUT2D eigenvalue weighted by molar-refractivity contribution is 5.97. The van der Waals surface area contributed by atoms with E-state index in [0.29, 0.717) is 11.3 Å². The van der Waals surface area contributed by atoms with E-state index in [0.717, 1.165) is 0 Å². The first-order valence-corrected chi connectivity index (χ1v) is 3.81. The van der Waals surface area contributed by atoms with E-state index >= 15 is 0 Å². The van der Waals surface area contributed by atoms with Crippen molar-refractivity contribution in [1.29, 1.82) is 0 Å². The molecule has 0 fully saturated rings. The van der Waals surface area contributed by atoms with E-state index in [-0.39, 0.29) is 5.78 Å². The lowest BCUT2D eigenvalue weighted by molar-refractivity contribution is -0.117. The van der Waals surface area contributed by atoms with Crippen molar-refractivity contribution in [2.45, 2.75) is 13.8 Å². The molecule has 0 heterocycles. The first-order chi connectivity index (χ1) is 5.86. The highest BCUT2D eigenvalue weighted by Gasteiger charge is 2.17. The lowest BCUT2D eigenvalue weighted by Gasteiger charge is -2.13. The maximum Gasteiger partial charge on any atom is 0.316 e. The highest BCUT2D eigenvalue weighted by atomic mass is 16.2. The number of amides is 2. The molecule has 0 bridgehead atoms. The van der Waals surface area contributed by atoms with Crippen LogP contribution in [0, 0.1) is 5.92 Å². The summed E-state index contributed by atoms with van der Waals surface area (Å²) in [5, 5.41) is 2.26. The van der Waals surface area contributed by atoms with Crippen LogP contribution in [0.3, 0.4) is 0 Å². The normalized spacial score (nSPS) is 11.5. The molecule has 0 aromatic rings. The zero-order chi connectivity index (χ0) is 10.6. The molecule has 0 saturated heterocycles. The van der Waals surface area contributed by atoms with E-state index in [1.54, 1.807) is 13.8 Å². The molecule has 0 aliphatic rings. The van der Waals surface area contributed by atoms with Crippen LogP contribution in [-0.2, 0) is 4.79 Å². The van der Waals surface area contributed by atoms with E-state index < -0.39 is 11.9 Å². The number of urea groups is 1. The smallest absolute Gasteiger partial charge is 0.316 e. The largest absolute Gasteiger partial charge is 0.351 e. The van der Waals surface area contributed by atoms with Gasteiger partial charge in [0, 0.05) is 5.70 Å². The third-order valence-corrected chi connectivity index (χ3v) is 1.62. The van der Waals surface area contributed by atoms with Crippen molar-refractivity contribution < 1.29 is 9.59 Å². The molecular weight excluding hydrogens is 168 g/mol. The number of nitrogens with two attached hydrogens (primary N) is 1. The molecule has 1 atom stereocenters. The number of hydrogen-bond acceptors (Lipinski definition) is 2. The molecule has 0 aliphatic heterocycles. The molecule has 4 nitrogen and oxygen atoms in total.